The summed E-state index contributed by atoms with van der Waals surface area (Å²) in [5.74, 6) is -0.685. The maximum Gasteiger partial charge on any atom is 0.356 e. The number of hydrogen-bond acceptors (Lipinski definition) is 4. The van der Waals surface area contributed by atoms with Gasteiger partial charge in [-0.1, -0.05) is 0 Å². The summed E-state index contributed by atoms with van der Waals surface area (Å²) in [4.78, 5) is 16.5. The van der Waals surface area contributed by atoms with E-state index in [0.29, 0.717) is 10.8 Å². The average Bonchev–Trinajstić information content (AvgIpc) is 2.97. The molecule has 0 bridgehead atoms. The first-order valence-electron chi connectivity index (χ1n) is 5.41. The Morgan fingerprint density at radius 1 is 1.47 bits per heavy atom. The Bertz CT molecular complexity index is 801. The lowest BCUT2D eigenvalue weighted by atomic mass is 10.4. The Morgan fingerprint density at radius 2 is 2.21 bits per heavy atom. The summed E-state index contributed by atoms with van der Waals surface area (Å²) in [7, 11) is 0. The zero-order valence-electron chi connectivity index (χ0n) is 10.1. The van der Waals surface area contributed by atoms with Crippen LogP contribution in [0.4, 0.5) is 0 Å². The number of rotatable bonds is 2. The van der Waals surface area contributed by atoms with Crippen molar-refractivity contribution in [2.24, 2.45) is 0 Å². The fourth-order valence-electron chi connectivity index (χ4n) is 1.95. The van der Waals surface area contributed by atoms with Gasteiger partial charge in [0.1, 0.15) is 0 Å². The minimum absolute atomic E-state index is 0.120. The number of nitrogens with zero attached hydrogens (tertiary/aromatic N) is 4. The number of halogens is 1. The molecule has 0 aliphatic rings. The predicted molar refractivity (Wildman–Crippen MR) is 74.3 cm³/mol. The molecule has 0 aromatic carbocycles. The molecule has 0 unspecified atom stereocenters. The van der Waals surface area contributed by atoms with Gasteiger partial charge >= 0.3 is 5.97 Å². The number of fused-ring (bicyclic) bond motifs is 1. The number of aromatic carboxylic acids is 1. The van der Waals surface area contributed by atoms with E-state index >= 15 is 0 Å². The summed E-state index contributed by atoms with van der Waals surface area (Å²) in [6, 6.07) is 0. The van der Waals surface area contributed by atoms with Crippen LogP contribution < -0.4 is 0 Å². The summed E-state index contributed by atoms with van der Waals surface area (Å²) in [5.41, 5.74) is 1.74. The van der Waals surface area contributed by atoms with E-state index in [-0.39, 0.29) is 5.69 Å². The quantitative estimate of drug-likeness (QED) is 0.778. The summed E-state index contributed by atoms with van der Waals surface area (Å²) >= 11 is 4.82. The highest BCUT2D eigenvalue weighted by Crippen LogP contribution is 2.26. The highest BCUT2D eigenvalue weighted by molar-refractivity contribution is 9.10. The monoisotopic (exact) mass is 340 g/mol. The highest BCUT2D eigenvalue weighted by atomic mass is 79.9. The van der Waals surface area contributed by atoms with E-state index in [1.807, 2.05) is 13.8 Å². The van der Waals surface area contributed by atoms with Crippen LogP contribution in [-0.4, -0.2) is 30.2 Å². The SMILES string of the molecule is Cc1nn(-c2nc3sccn3c2C(=O)O)c(C)c1Br. The molecule has 8 heteroatoms. The zero-order valence-corrected chi connectivity index (χ0v) is 12.5. The third kappa shape index (κ3) is 1.71. The molecule has 0 fully saturated rings. The van der Waals surface area contributed by atoms with Gasteiger partial charge in [-0.15, -0.1) is 11.3 Å². The van der Waals surface area contributed by atoms with E-state index in [2.05, 4.69) is 26.0 Å². The molecule has 3 aromatic rings. The average molecular weight is 341 g/mol. The largest absolute Gasteiger partial charge is 0.476 e. The topological polar surface area (TPSA) is 72.4 Å². The highest BCUT2D eigenvalue weighted by Gasteiger charge is 2.23. The molecule has 0 amide bonds. The van der Waals surface area contributed by atoms with Gasteiger partial charge in [0.25, 0.3) is 0 Å². The fraction of sp³-hybridized carbons (Fsp3) is 0.182. The van der Waals surface area contributed by atoms with Crippen LogP contribution in [0.15, 0.2) is 16.0 Å². The Hall–Kier alpha value is -1.67. The predicted octanol–water partition coefficient (Wildman–Crippen LogP) is 2.66. The van der Waals surface area contributed by atoms with E-state index in [4.69, 9.17) is 0 Å². The van der Waals surface area contributed by atoms with Gasteiger partial charge in [0, 0.05) is 11.6 Å². The third-order valence-electron chi connectivity index (χ3n) is 2.85. The van der Waals surface area contributed by atoms with E-state index in [1.54, 1.807) is 20.7 Å². The van der Waals surface area contributed by atoms with E-state index in [9.17, 15) is 9.90 Å². The van der Waals surface area contributed by atoms with Gasteiger partial charge in [-0.25, -0.2) is 9.48 Å². The molecular formula is C11H9BrN4O2S. The van der Waals surface area contributed by atoms with Crippen LogP contribution in [0.2, 0.25) is 0 Å². The van der Waals surface area contributed by atoms with Crippen LogP contribution >= 0.6 is 27.3 Å². The van der Waals surface area contributed by atoms with Gasteiger partial charge in [0.05, 0.1) is 15.9 Å². The first-order valence-corrected chi connectivity index (χ1v) is 7.09. The number of imidazole rings is 1. The van der Waals surface area contributed by atoms with Gasteiger partial charge in [0.15, 0.2) is 16.5 Å². The van der Waals surface area contributed by atoms with Gasteiger partial charge in [-0.05, 0) is 29.8 Å². The molecule has 0 radical (unpaired) electrons. The molecule has 1 N–H and O–H groups in total. The molecule has 3 heterocycles. The maximum atomic E-state index is 11.5. The first kappa shape index (κ1) is 12.4. The van der Waals surface area contributed by atoms with Gasteiger partial charge in [0.2, 0.25) is 0 Å². The Kier molecular flexibility index (Phi) is 2.72. The van der Waals surface area contributed by atoms with Crippen molar-refractivity contribution in [1.29, 1.82) is 0 Å². The second-order valence-electron chi connectivity index (χ2n) is 4.04. The van der Waals surface area contributed by atoms with E-state index < -0.39 is 5.97 Å². The molecule has 0 spiro atoms. The molecular weight excluding hydrogens is 332 g/mol. The summed E-state index contributed by atoms with van der Waals surface area (Å²) in [6.45, 7) is 3.72. The summed E-state index contributed by atoms with van der Waals surface area (Å²) in [5, 5.41) is 15.5. The van der Waals surface area contributed by atoms with Crippen LogP contribution in [-0.2, 0) is 0 Å². The van der Waals surface area contributed by atoms with Crippen molar-refractivity contribution in [3.63, 3.8) is 0 Å². The normalized spacial score (nSPS) is 11.3. The molecule has 3 rings (SSSR count). The zero-order chi connectivity index (χ0) is 13.7. The number of carboxylic acid groups (broad SMARTS) is 1. The molecule has 0 atom stereocenters. The molecule has 6 nitrogen and oxygen atoms in total. The van der Waals surface area contributed by atoms with Crippen LogP contribution in [0.5, 0.6) is 0 Å². The van der Waals surface area contributed by atoms with Gasteiger partial charge in [-0.3, -0.25) is 4.40 Å². The molecule has 0 saturated heterocycles. The van der Waals surface area contributed by atoms with E-state index in [1.165, 1.54) is 11.3 Å². The Morgan fingerprint density at radius 3 is 2.79 bits per heavy atom. The lowest BCUT2D eigenvalue weighted by Crippen LogP contribution is -2.09. The van der Waals surface area contributed by atoms with Crippen molar-refractivity contribution in [3.8, 4) is 5.82 Å². The molecule has 0 aliphatic heterocycles. The van der Waals surface area contributed by atoms with Crippen LogP contribution in [0, 0.1) is 13.8 Å². The molecule has 19 heavy (non-hydrogen) atoms. The minimum atomic E-state index is -1.02. The van der Waals surface area contributed by atoms with Crippen LogP contribution in [0.1, 0.15) is 21.9 Å². The van der Waals surface area contributed by atoms with Crippen molar-refractivity contribution in [2.45, 2.75) is 13.8 Å². The van der Waals surface area contributed by atoms with Gasteiger partial charge < -0.3 is 5.11 Å². The Labute approximate surface area is 120 Å². The van der Waals surface area contributed by atoms with Crippen molar-refractivity contribution in [3.05, 3.63) is 33.1 Å². The maximum absolute atomic E-state index is 11.5. The summed E-state index contributed by atoms with van der Waals surface area (Å²) in [6.07, 6.45) is 1.70. The van der Waals surface area contributed by atoms with Crippen LogP contribution in [0.25, 0.3) is 10.8 Å². The number of carboxylic acids is 1. The van der Waals surface area contributed by atoms with E-state index in [0.717, 1.165) is 15.9 Å². The number of aromatic nitrogens is 4. The molecule has 0 saturated carbocycles. The van der Waals surface area contributed by atoms with Crippen molar-refractivity contribution in [2.75, 3.05) is 0 Å². The number of hydrogen-bond donors (Lipinski definition) is 1. The lowest BCUT2D eigenvalue weighted by Gasteiger charge is -2.02. The molecule has 0 aliphatic carbocycles. The van der Waals surface area contributed by atoms with Crippen molar-refractivity contribution in [1.82, 2.24) is 19.2 Å². The minimum Gasteiger partial charge on any atom is -0.476 e. The lowest BCUT2D eigenvalue weighted by molar-refractivity contribution is 0.0689. The summed E-state index contributed by atoms with van der Waals surface area (Å²) < 4.78 is 3.98. The van der Waals surface area contributed by atoms with Crippen LogP contribution in [0.3, 0.4) is 0 Å². The first-order chi connectivity index (χ1) is 9.00. The third-order valence-corrected chi connectivity index (χ3v) is 4.75. The number of thiazole rings is 1. The number of carbonyl (C=O) groups is 1. The van der Waals surface area contributed by atoms with Crippen molar-refractivity contribution >= 4 is 38.2 Å². The second-order valence-corrected chi connectivity index (χ2v) is 5.71. The second kappa shape index (κ2) is 4.17. The fourth-order valence-corrected chi connectivity index (χ4v) is 2.91. The molecule has 98 valence electrons. The van der Waals surface area contributed by atoms with Gasteiger partial charge in [-0.2, -0.15) is 10.1 Å². The Balaban J connectivity index is 2.35. The molecule has 3 aromatic heterocycles. The number of aryl methyl sites for hydroxylation is 1. The standard InChI is InChI=1S/C11H9BrN4O2S/c1-5-7(12)6(2)16(14-5)9-8(10(17)18)15-3-4-19-11(15)13-9/h3-4H,1-2H3,(H,17,18). The van der Waals surface area contributed by atoms with Crippen molar-refractivity contribution < 1.29 is 9.90 Å². The smallest absolute Gasteiger partial charge is 0.356 e.